The van der Waals surface area contributed by atoms with E-state index in [1.54, 1.807) is 0 Å². The molecule has 1 aromatic rings. The molecule has 18 heavy (non-hydrogen) atoms. The zero-order valence-corrected chi connectivity index (χ0v) is 11.4. The Labute approximate surface area is 109 Å². The summed E-state index contributed by atoms with van der Waals surface area (Å²) in [5.74, 6) is -0.0708. The van der Waals surface area contributed by atoms with Crippen LogP contribution in [0.15, 0.2) is 30.3 Å². The molecule has 0 aliphatic carbocycles. The van der Waals surface area contributed by atoms with E-state index in [2.05, 4.69) is 13.8 Å². The molecule has 2 unspecified atom stereocenters. The number of hydrogen-bond donors (Lipinski definition) is 1. The van der Waals surface area contributed by atoms with Crippen molar-refractivity contribution in [2.75, 3.05) is 6.54 Å². The molecule has 0 saturated carbocycles. The minimum atomic E-state index is -0.360. The fourth-order valence-electron chi connectivity index (χ4n) is 2.05. The smallest absolute Gasteiger partial charge is 0.314 e. The van der Waals surface area contributed by atoms with Crippen LogP contribution in [0.1, 0.15) is 38.7 Å². The maximum atomic E-state index is 12.1. The first-order valence-corrected chi connectivity index (χ1v) is 6.50. The molecular formula is C15H23NO2. The highest BCUT2D eigenvalue weighted by atomic mass is 16.5. The zero-order chi connectivity index (χ0) is 13.5. The maximum absolute atomic E-state index is 12.1. The summed E-state index contributed by atoms with van der Waals surface area (Å²) in [6.45, 7) is 6.43. The quantitative estimate of drug-likeness (QED) is 0.789. The summed E-state index contributed by atoms with van der Waals surface area (Å²) in [5.41, 5.74) is 6.60. The van der Waals surface area contributed by atoms with E-state index >= 15 is 0 Å². The summed E-state index contributed by atoms with van der Waals surface area (Å²) in [6.07, 6.45) is 0.813. The van der Waals surface area contributed by atoms with Crippen molar-refractivity contribution in [2.45, 2.75) is 39.2 Å². The normalized spacial score (nSPS) is 14.3. The van der Waals surface area contributed by atoms with Crippen LogP contribution in [0.3, 0.4) is 0 Å². The molecule has 0 radical (unpaired) electrons. The van der Waals surface area contributed by atoms with Gasteiger partial charge in [-0.3, -0.25) is 4.79 Å². The number of esters is 1. The summed E-state index contributed by atoms with van der Waals surface area (Å²) < 4.78 is 5.45. The van der Waals surface area contributed by atoms with Crippen LogP contribution in [0.4, 0.5) is 0 Å². The van der Waals surface area contributed by atoms with Gasteiger partial charge in [0.1, 0.15) is 0 Å². The SMILES string of the molecule is CC(C)CC(C)OC(=O)C(CN)c1ccccc1. The summed E-state index contributed by atoms with van der Waals surface area (Å²) in [7, 11) is 0. The van der Waals surface area contributed by atoms with Crippen molar-refractivity contribution >= 4 is 5.97 Å². The molecule has 1 aromatic carbocycles. The van der Waals surface area contributed by atoms with E-state index in [1.165, 1.54) is 0 Å². The first-order chi connectivity index (χ1) is 8.54. The molecule has 0 bridgehead atoms. The predicted octanol–water partition coefficient (Wildman–Crippen LogP) is 2.71. The van der Waals surface area contributed by atoms with Crippen LogP contribution in [-0.4, -0.2) is 18.6 Å². The number of carbonyl (C=O) groups is 1. The molecule has 100 valence electrons. The maximum Gasteiger partial charge on any atom is 0.314 e. The van der Waals surface area contributed by atoms with Crippen LogP contribution in [0.5, 0.6) is 0 Å². The summed E-state index contributed by atoms with van der Waals surface area (Å²) in [5, 5.41) is 0. The third-order valence-corrected chi connectivity index (χ3v) is 2.84. The summed E-state index contributed by atoms with van der Waals surface area (Å²) >= 11 is 0. The zero-order valence-electron chi connectivity index (χ0n) is 11.4. The van der Waals surface area contributed by atoms with Crippen molar-refractivity contribution in [3.8, 4) is 0 Å². The van der Waals surface area contributed by atoms with Gasteiger partial charge in [0, 0.05) is 6.54 Å². The fraction of sp³-hybridized carbons (Fsp3) is 0.533. The van der Waals surface area contributed by atoms with E-state index in [4.69, 9.17) is 10.5 Å². The van der Waals surface area contributed by atoms with Crippen LogP contribution >= 0.6 is 0 Å². The second-order valence-electron chi connectivity index (χ2n) is 5.08. The first kappa shape index (κ1) is 14.7. The molecule has 0 fully saturated rings. The molecule has 2 atom stereocenters. The highest BCUT2D eigenvalue weighted by molar-refractivity contribution is 5.78. The van der Waals surface area contributed by atoms with Crippen LogP contribution in [-0.2, 0) is 9.53 Å². The molecule has 0 amide bonds. The van der Waals surface area contributed by atoms with E-state index in [0.717, 1.165) is 12.0 Å². The summed E-state index contributed by atoms with van der Waals surface area (Å²) in [6, 6.07) is 9.55. The van der Waals surface area contributed by atoms with Gasteiger partial charge in [-0.1, -0.05) is 44.2 Å². The van der Waals surface area contributed by atoms with Gasteiger partial charge < -0.3 is 10.5 Å². The minimum Gasteiger partial charge on any atom is -0.462 e. The lowest BCUT2D eigenvalue weighted by atomic mass is 9.99. The molecule has 3 nitrogen and oxygen atoms in total. The van der Waals surface area contributed by atoms with E-state index < -0.39 is 0 Å². The van der Waals surface area contributed by atoms with Gasteiger partial charge in [-0.05, 0) is 24.8 Å². The molecule has 2 N–H and O–H groups in total. The highest BCUT2D eigenvalue weighted by Gasteiger charge is 2.22. The second kappa shape index (κ2) is 7.17. The fourth-order valence-corrected chi connectivity index (χ4v) is 2.05. The monoisotopic (exact) mass is 249 g/mol. The van der Waals surface area contributed by atoms with Gasteiger partial charge >= 0.3 is 5.97 Å². The Balaban J connectivity index is 2.63. The number of rotatable bonds is 6. The average molecular weight is 249 g/mol. The Morgan fingerprint density at radius 2 is 1.83 bits per heavy atom. The van der Waals surface area contributed by atoms with Crippen molar-refractivity contribution in [2.24, 2.45) is 11.7 Å². The standard InChI is InChI=1S/C15H23NO2/c1-11(2)9-12(3)18-15(17)14(10-16)13-7-5-4-6-8-13/h4-8,11-12,14H,9-10,16H2,1-3H3. The van der Waals surface area contributed by atoms with Gasteiger partial charge in [-0.2, -0.15) is 0 Å². The van der Waals surface area contributed by atoms with Crippen molar-refractivity contribution in [1.29, 1.82) is 0 Å². The van der Waals surface area contributed by atoms with Crippen molar-refractivity contribution < 1.29 is 9.53 Å². The Bertz CT molecular complexity index is 362. The van der Waals surface area contributed by atoms with Crippen LogP contribution in [0, 0.1) is 5.92 Å². The molecule has 0 aromatic heterocycles. The number of ether oxygens (including phenoxy) is 1. The third kappa shape index (κ3) is 4.49. The van der Waals surface area contributed by atoms with Gasteiger partial charge in [0.25, 0.3) is 0 Å². The van der Waals surface area contributed by atoms with E-state index in [9.17, 15) is 4.79 Å². The lowest BCUT2D eigenvalue weighted by Crippen LogP contribution is -2.27. The van der Waals surface area contributed by atoms with Gasteiger partial charge in [-0.15, -0.1) is 0 Å². The molecule has 0 saturated heterocycles. The van der Waals surface area contributed by atoms with Crippen molar-refractivity contribution in [3.63, 3.8) is 0 Å². The summed E-state index contributed by atoms with van der Waals surface area (Å²) in [4.78, 5) is 12.1. The molecule has 0 aliphatic rings. The number of benzene rings is 1. The van der Waals surface area contributed by atoms with E-state index in [1.807, 2.05) is 37.3 Å². The van der Waals surface area contributed by atoms with Gasteiger partial charge in [0.15, 0.2) is 0 Å². The Morgan fingerprint density at radius 1 is 1.22 bits per heavy atom. The average Bonchev–Trinajstić information content (AvgIpc) is 2.29. The van der Waals surface area contributed by atoms with Crippen molar-refractivity contribution in [1.82, 2.24) is 0 Å². The Morgan fingerprint density at radius 3 is 2.33 bits per heavy atom. The first-order valence-electron chi connectivity index (χ1n) is 6.50. The lowest BCUT2D eigenvalue weighted by Gasteiger charge is -2.19. The van der Waals surface area contributed by atoms with Crippen molar-refractivity contribution in [3.05, 3.63) is 35.9 Å². The Kier molecular flexibility index (Phi) is 5.86. The number of hydrogen-bond acceptors (Lipinski definition) is 3. The van der Waals surface area contributed by atoms with Gasteiger partial charge in [0.2, 0.25) is 0 Å². The number of nitrogens with two attached hydrogens (primary N) is 1. The topological polar surface area (TPSA) is 52.3 Å². The minimum absolute atomic E-state index is 0.0599. The molecule has 1 rings (SSSR count). The lowest BCUT2D eigenvalue weighted by molar-refractivity contribution is -0.150. The van der Waals surface area contributed by atoms with Crippen LogP contribution in [0.2, 0.25) is 0 Å². The van der Waals surface area contributed by atoms with Gasteiger partial charge in [-0.25, -0.2) is 0 Å². The largest absolute Gasteiger partial charge is 0.462 e. The van der Waals surface area contributed by atoms with E-state index in [0.29, 0.717) is 5.92 Å². The third-order valence-electron chi connectivity index (χ3n) is 2.84. The van der Waals surface area contributed by atoms with Gasteiger partial charge in [0.05, 0.1) is 12.0 Å². The molecule has 0 aliphatic heterocycles. The molecule has 0 spiro atoms. The molecule has 3 heteroatoms. The Hall–Kier alpha value is -1.35. The second-order valence-corrected chi connectivity index (χ2v) is 5.08. The molecule has 0 heterocycles. The van der Waals surface area contributed by atoms with Crippen LogP contribution in [0.25, 0.3) is 0 Å². The van der Waals surface area contributed by atoms with E-state index in [-0.39, 0.29) is 24.5 Å². The van der Waals surface area contributed by atoms with Crippen LogP contribution < -0.4 is 5.73 Å². The predicted molar refractivity (Wildman–Crippen MR) is 73.2 cm³/mol. The highest BCUT2D eigenvalue weighted by Crippen LogP contribution is 2.18. The number of carbonyl (C=O) groups excluding carboxylic acids is 1. The molecular weight excluding hydrogens is 226 g/mol.